The maximum atomic E-state index is 14.6. The number of benzene rings is 4. The molecule has 0 aliphatic heterocycles. The fourth-order valence-electron chi connectivity index (χ4n) is 5.08. The van der Waals surface area contributed by atoms with Crippen molar-refractivity contribution in [2.75, 3.05) is 17.5 Å². The highest BCUT2D eigenvalue weighted by Crippen LogP contribution is 2.27. The van der Waals surface area contributed by atoms with Gasteiger partial charge in [-0.1, -0.05) is 76.1 Å². The number of carbonyl (C=O) groups is 2. The van der Waals surface area contributed by atoms with Crippen LogP contribution in [0.15, 0.2) is 112 Å². The third kappa shape index (κ3) is 9.92. The Morgan fingerprint density at radius 2 is 1.51 bits per heavy atom. The normalized spacial score (nSPS) is 12.2. The summed E-state index contributed by atoms with van der Waals surface area (Å²) in [5, 5.41) is 3.05. The van der Waals surface area contributed by atoms with Crippen LogP contribution in [0.4, 0.5) is 5.69 Å². The van der Waals surface area contributed by atoms with E-state index in [1.54, 1.807) is 36.4 Å². The molecule has 0 aromatic heterocycles. The maximum absolute atomic E-state index is 14.6. The van der Waals surface area contributed by atoms with Crippen molar-refractivity contribution in [1.82, 2.24) is 10.2 Å². The van der Waals surface area contributed by atoms with E-state index in [2.05, 4.69) is 21.2 Å². The fraction of sp³-hybridized carbons (Fsp3) is 0.297. The van der Waals surface area contributed by atoms with Crippen molar-refractivity contribution in [2.24, 2.45) is 0 Å². The molecule has 0 radical (unpaired) electrons. The number of sulfonamides is 1. The number of halogens is 1. The standard InChI is InChI=1S/C37H42BrN3O5S/c1-6-46-32-19-17-31(18-20-32)41(47(44,45)33-21-15-27(2)16-22-33)26-35(42)40(25-29-13-10-14-30(38)23-29)34(36(43)39-37(3,4)5)24-28-11-8-7-9-12-28/h7-23,34H,6,24-26H2,1-5H3,(H,39,43)/t34-/m0/s1. The zero-order valence-corrected chi connectivity index (χ0v) is 29.8. The summed E-state index contributed by atoms with van der Waals surface area (Å²) < 4.78 is 36.0. The molecule has 4 aromatic carbocycles. The second-order valence-corrected chi connectivity index (χ2v) is 15.1. The van der Waals surface area contributed by atoms with Gasteiger partial charge >= 0.3 is 0 Å². The first-order valence-corrected chi connectivity index (χ1v) is 17.7. The highest BCUT2D eigenvalue weighted by atomic mass is 79.9. The van der Waals surface area contributed by atoms with E-state index in [1.807, 2.05) is 89.2 Å². The van der Waals surface area contributed by atoms with E-state index in [0.29, 0.717) is 18.0 Å². The lowest BCUT2D eigenvalue weighted by Crippen LogP contribution is -2.56. The van der Waals surface area contributed by atoms with Crippen LogP contribution in [0, 0.1) is 6.92 Å². The molecule has 0 bridgehead atoms. The lowest BCUT2D eigenvalue weighted by Gasteiger charge is -2.35. The minimum atomic E-state index is -4.20. The molecule has 8 nitrogen and oxygen atoms in total. The predicted molar refractivity (Wildman–Crippen MR) is 190 cm³/mol. The van der Waals surface area contributed by atoms with Gasteiger partial charge in [-0.3, -0.25) is 13.9 Å². The Morgan fingerprint density at radius 1 is 0.872 bits per heavy atom. The van der Waals surface area contributed by atoms with E-state index in [9.17, 15) is 18.0 Å². The van der Waals surface area contributed by atoms with Crippen LogP contribution in [0.25, 0.3) is 0 Å². The zero-order valence-electron chi connectivity index (χ0n) is 27.4. The number of rotatable bonds is 13. The molecular formula is C37H42BrN3O5S. The average Bonchev–Trinajstić information content (AvgIpc) is 3.02. The summed E-state index contributed by atoms with van der Waals surface area (Å²) in [6.07, 6.45) is 0.232. The Labute approximate surface area is 286 Å². The lowest BCUT2D eigenvalue weighted by atomic mass is 10.0. The number of carbonyl (C=O) groups excluding carboxylic acids is 2. The lowest BCUT2D eigenvalue weighted by molar-refractivity contribution is -0.140. The van der Waals surface area contributed by atoms with Gasteiger partial charge in [-0.25, -0.2) is 8.42 Å². The first-order valence-electron chi connectivity index (χ1n) is 15.5. The molecule has 0 heterocycles. The fourth-order valence-corrected chi connectivity index (χ4v) is 6.94. The summed E-state index contributed by atoms with van der Waals surface area (Å²) in [7, 11) is -4.20. The van der Waals surface area contributed by atoms with Crippen LogP contribution >= 0.6 is 15.9 Å². The monoisotopic (exact) mass is 719 g/mol. The second-order valence-electron chi connectivity index (χ2n) is 12.3. The van der Waals surface area contributed by atoms with Crippen molar-refractivity contribution < 1.29 is 22.7 Å². The maximum Gasteiger partial charge on any atom is 0.264 e. The molecule has 47 heavy (non-hydrogen) atoms. The molecular weight excluding hydrogens is 678 g/mol. The Kier molecular flexibility index (Phi) is 11.9. The molecule has 10 heteroatoms. The molecule has 0 saturated heterocycles. The molecule has 4 aromatic rings. The SMILES string of the molecule is CCOc1ccc(N(CC(=O)N(Cc2cccc(Br)c2)[C@@H](Cc2ccccc2)C(=O)NC(C)(C)C)S(=O)(=O)c2ccc(C)cc2)cc1. The van der Waals surface area contributed by atoms with Crippen molar-refractivity contribution in [3.8, 4) is 5.75 Å². The van der Waals surface area contributed by atoms with Gasteiger partial charge in [-0.2, -0.15) is 0 Å². The zero-order chi connectivity index (χ0) is 34.2. The predicted octanol–water partition coefficient (Wildman–Crippen LogP) is 6.91. The molecule has 0 unspecified atom stereocenters. The summed E-state index contributed by atoms with van der Waals surface area (Å²) in [4.78, 5) is 30.2. The van der Waals surface area contributed by atoms with Gasteiger partial charge in [-0.15, -0.1) is 0 Å². The minimum absolute atomic E-state index is 0.0506. The molecule has 0 aliphatic rings. The molecule has 248 valence electrons. The summed E-state index contributed by atoms with van der Waals surface area (Å²) in [5.74, 6) is -0.286. The Morgan fingerprint density at radius 3 is 2.11 bits per heavy atom. The van der Waals surface area contributed by atoms with Crippen molar-refractivity contribution in [3.05, 3.63) is 124 Å². The highest BCUT2D eigenvalue weighted by Gasteiger charge is 2.35. The number of nitrogens with one attached hydrogen (secondary N) is 1. The molecule has 1 N–H and O–H groups in total. The van der Waals surface area contributed by atoms with E-state index in [4.69, 9.17) is 4.74 Å². The van der Waals surface area contributed by atoms with Crippen LogP contribution in [0.3, 0.4) is 0 Å². The van der Waals surface area contributed by atoms with Crippen LogP contribution in [0.2, 0.25) is 0 Å². The number of hydrogen-bond acceptors (Lipinski definition) is 5. The minimum Gasteiger partial charge on any atom is -0.494 e. The van der Waals surface area contributed by atoms with Gasteiger partial charge in [0.05, 0.1) is 17.2 Å². The molecule has 0 saturated carbocycles. The quantitative estimate of drug-likeness (QED) is 0.162. The Bertz CT molecular complexity index is 1760. The Hall–Kier alpha value is -4.15. The average molecular weight is 721 g/mol. The van der Waals surface area contributed by atoms with Crippen molar-refractivity contribution in [3.63, 3.8) is 0 Å². The summed E-state index contributed by atoms with van der Waals surface area (Å²) in [6, 6.07) is 29.1. The van der Waals surface area contributed by atoms with Gasteiger partial charge in [0.25, 0.3) is 10.0 Å². The number of anilines is 1. The highest BCUT2D eigenvalue weighted by molar-refractivity contribution is 9.10. The molecule has 0 spiro atoms. The van der Waals surface area contributed by atoms with Crippen LogP contribution in [0.1, 0.15) is 44.4 Å². The van der Waals surface area contributed by atoms with Gasteiger partial charge < -0.3 is 15.0 Å². The number of hydrogen-bond donors (Lipinski definition) is 1. The third-order valence-corrected chi connectivity index (χ3v) is 9.62. The molecule has 0 fully saturated rings. The number of aryl methyl sites for hydroxylation is 1. The smallest absolute Gasteiger partial charge is 0.264 e. The van der Waals surface area contributed by atoms with E-state index in [-0.39, 0.29) is 23.8 Å². The number of nitrogens with zero attached hydrogens (tertiary/aromatic N) is 2. The van der Waals surface area contributed by atoms with Gasteiger partial charge in [0.2, 0.25) is 11.8 Å². The first-order chi connectivity index (χ1) is 22.3. The van der Waals surface area contributed by atoms with Crippen molar-refractivity contribution in [2.45, 2.75) is 64.1 Å². The summed E-state index contributed by atoms with van der Waals surface area (Å²) in [5.41, 5.74) is 2.28. The largest absolute Gasteiger partial charge is 0.494 e. The van der Waals surface area contributed by atoms with Gasteiger partial charge in [-0.05, 0) is 94.3 Å². The first kappa shape index (κ1) is 35.7. The van der Waals surface area contributed by atoms with E-state index < -0.39 is 34.1 Å². The van der Waals surface area contributed by atoms with E-state index in [1.165, 1.54) is 17.0 Å². The van der Waals surface area contributed by atoms with Crippen LogP contribution in [0.5, 0.6) is 5.75 Å². The number of ether oxygens (including phenoxy) is 1. The Balaban J connectivity index is 1.82. The van der Waals surface area contributed by atoms with Crippen molar-refractivity contribution in [1.29, 1.82) is 0 Å². The molecule has 4 rings (SSSR count). The van der Waals surface area contributed by atoms with Crippen LogP contribution < -0.4 is 14.4 Å². The van der Waals surface area contributed by atoms with Gasteiger partial charge in [0.15, 0.2) is 0 Å². The van der Waals surface area contributed by atoms with Gasteiger partial charge in [0.1, 0.15) is 18.3 Å². The second kappa shape index (κ2) is 15.6. The van der Waals surface area contributed by atoms with Gasteiger partial charge in [0, 0.05) is 23.0 Å². The van der Waals surface area contributed by atoms with Crippen molar-refractivity contribution >= 4 is 43.5 Å². The van der Waals surface area contributed by atoms with Crippen LogP contribution in [-0.4, -0.2) is 49.9 Å². The number of amides is 2. The summed E-state index contributed by atoms with van der Waals surface area (Å²) in [6.45, 7) is 9.38. The molecule has 0 aliphatic carbocycles. The van der Waals surface area contributed by atoms with E-state index in [0.717, 1.165) is 25.5 Å². The van der Waals surface area contributed by atoms with Crippen LogP contribution in [-0.2, 0) is 32.6 Å². The molecule has 2 amide bonds. The molecule has 1 atom stereocenters. The summed E-state index contributed by atoms with van der Waals surface area (Å²) >= 11 is 3.51. The third-order valence-electron chi connectivity index (χ3n) is 7.33. The van der Waals surface area contributed by atoms with E-state index >= 15 is 0 Å². The topological polar surface area (TPSA) is 96.0 Å².